The molecule has 19 heavy (non-hydrogen) atoms. The first kappa shape index (κ1) is 13.9. The van der Waals surface area contributed by atoms with Gasteiger partial charge in [0.2, 0.25) is 0 Å². The average molecular weight is 265 g/mol. The van der Waals surface area contributed by atoms with Gasteiger partial charge in [0.05, 0.1) is 31.7 Å². The summed E-state index contributed by atoms with van der Waals surface area (Å²) < 4.78 is 1.43. The van der Waals surface area contributed by atoms with Gasteiger partial charge >= 0.3 is 0 Å². The predicted molar refractivity (Wildman–Crippen MR) is 80.8 cm³/mol. The first-order valence-electron chi connectivity index (χ1n) is 8.83. The maximum Gasteiger partial charge on any atom is 0.0942 e. The number of rotatable bonds is 6. The fourth-order valence-corrected chi connectivity index (χ4v) is 4.74. The molecule has 2 nitrogen and oxygen atoms in total. The first-order valence-corrected chi connectivity index (χ1v) is 8.83. The largest absolute Gasteiger partial charge is 0.323 e. The van der Waals surface area contributed by atoms with Crippen LogP contribution in [-0.4, -0.2) is 36.2 Å². The molecule has 3 aliphatic rings. The molecule has 2 saturated carbocycles. The lowest BCUT2D eigenvalue weighted by Gasteiger charge is -2.50. The first-order chi connectivity index (χ1) is 9.22. The highest BCUT2D eigenvalue weighted by molar-refractivity contribution is 4.85. The zero-order valence-corrected chi connectivity index (χ0v) is 12.8. The van der Waals surface area contributed by atoms with Crippen LogP contribution in [0.2, 0.25) is 0 Å². The second kappa shape index (κ2) is 5.73. The van der Waals surface area contributed by atoms with Crippen molar-refractivity contribution in [3.63, 3.8) is 0 Å². The Morgan fingerprint density at radius 2 is 1.84 bits per heavy atom. The quantitative estimate of drug-likeness (QED) is 0.733. The van der Waals surface area contributed by atoms with Gasteiger partial charge in [-0.25, -0.2) is 0 Å². The van der Waals surface area contributed by atoms with Gasteiger partial charge in [-0.2, -0.15) is 0 Å². The van der Waals surface area contributed by atoms with Crippen LogP contribution in [-0.2, 0) is 0 Å². The Morgan fingerprint density at radius 3 is 2.42 bits per heavy atom. The molecule has 1 heterocycles. The summed E-state index contributed by atoms with van der Waals surface area (Å²) in [4.78, 5) is 0. The fraction of sp³-hybridized carbons (Fsp3) is 1.00. The average Bonchev–Trinajstić information content (AvgIpc) is 3.15. The summed E-state index contributed by atoms with van der Waals surface area (Å²) in [5.41, 5.74) is 6.46. The maximum atomic E-state index is 6.46. The number of likely N-dealkylation sites (tertiary alicyclic amines) is 1. The summed E-state index contributed by atoms with van der Waals surface area (Å²) in [6, 6.07) is 1.48. The van der Waals surface area contributed by atoms with Gasteiger partial charge in [-0.15, -0.1) is 0 Å². The minimum Gasteiger partial charge on any atom is -0.323 e. The number of nitrogens with two attached hydrogens (primary N) is 1. The minimum absolute atomic E-state index is 0.483. The highest BCUT2D eigenvalue weighted by atomic mass is 15.4. The Bertz CT molecular complexity index is 296. The number of piperidine rings is 1. The molecule has 2 N–H and O–H groups in total. The number of hydrogen-bond acceptors (Lipinski definition) is 1. The van der Waals surface area contributed by atoms with Crippen LogP contribution in [0.4, 0.5) is 0 Å². The molecule has 1 aliphatic heterocycles. The van der Waals surface area contributed by atoms with E-state index >= 15 is 0 Å². The van der Waals surface area contributed by atoms with Crippen LogP contribution < -0.4 is 5.73 Å². The van der Waals surface area contributed by atoms with Crippen LogP contribution in [0.5, 0.6) is 0 Å². The molecule has 3 atom stereocenters. The summed E-state index contributed by atoms with van der Waals surface area (Å²) in [6.07, 6.45) is 13.0. The third-order valence-corrected chi connectivity index (χ3v) is 5.99. The Morgan fingerprint density at radius 1 is 1.05 bits per heavy atom. The molecule has 2 heteroatoms. The smallest absolute Gasteiger partial charge is 0.0942 e. The van der Waals surface area contributed by atoms with E-state index in [1.165, 1.54) is 81.9 Å². The Kier molecular flexibility index (Phi) is 4.19. The molecule has 0 aromatic carbocycles. The number of quaternary nitrogens is 1. The van der Waals surface area contributed by atoms with E-state index in [0.717, 1.165) is 17.9 Å². The SMILES string of the molecule is CCCCC1CC(N)C[N+](CC2CCC2)(C2CC2)C1. The molecule has 0 spiro atoms. The van der Waals surface area contributed by atoms with Crippen LogP contribution in [0, 0.1) is 11.8 Å². The molecule has 0 bridgehead atoms. The normalized spacial score (nSPS) is 40.1. The molecule has 0 radical (unpaired) electrons. The predicted octanol–water partition coefficient (Wildman–Crippen LogP) is 3.30. The molecule has 0 amide bonds. The van der Waals surface area contributed by atoms with E-state index in [4.69, 9.17) is 5.73 Å². The molecule has 3 unspecified atom stereocenters. The van der Waals surface area contributed by atoms with Crippen LogP contribution >= 0.6 is 0 Å². The van der Waals surface area contributed by atoms with Gasteiger partial charge in [-0.3, -0.25) is 0 Å². The highest BCUT2D eigenvalue weighted by Crippen LogP contribution is 2.42. The van der Waals surface area contributed by atoms with E-state index in [1.54, 1.807) is 0 Å². The molecular formula is C17H33N2+. The minimum atomic E-state index is 0.483. The van der Waals surface area contributed by atoms with Gasteiger partial charge in [0.1, 0.15) is 0 Å². The van der Waals surface area contributed by atoms with Gasteiger partial charge in [0.15, 0.2) is 0 Å². The summed E-state index contributed by atoms with van der Waals surface area (Å²) in [5.74, 6) is 1.96. The zero-order valence-electron chi connectivity index (χ0n) is 12.8. The monoisotopic (exact) mass is 265 g/mol. The van der Waals surface area contributed by atoms with E-state index in [2.05, 4.69) is 6.92 Å². The van der Waals surface area contributed by atoms with Gasteiger partial charge < -0.3 is 10.2 Å². The summed E-state index contributed by atoms with van der Waals surface area (Å²) in [6.45, 7) is 6.56. The standard InChI is InChI=1S/C17H33N2/c1-2-3-5-15-10-16(18)13-19(12-15,17-8-9-17)11-14-6-4-7-14/h14-17H,2-13,18H2,1H3/q+1. The van der Waals surface area contributed by atoms with Crippen molar-refractivity contribution >= 4 is 0 Å². The third-order valence-electron chi connectivity index (χ3n) is 5.99. The van der Waals surface area contributed by atoms with E-state index < -0.39 is 0 Å². The van der Waals surface area contributed by atoms with Gasteiger partial charge in [0, 0.05) is 24.7 Å². The van der Waals surface area contributed by atoms with Crippen LogP contribution in [0.25, 0.3) is 0 Å². The van der Waals surface area contributed by atoms with E-state index in [9.17, 15) is 0 Å². The molecule has 1 saturated heterocycles. The zero-order chi connectivity index (χ0) is 13.3. The lowest BCUT2D eigenvalue weighted by atomic mass is 9.81. The van der Waals surface area contributed by atoms with Crippen LogP contribution in [0.15, 0.2) is 0 Å². The van der Waals surface area contributed by atoms with Crippen LogP contribution in [0.3, 0.4) is 0 Å². The topological polar surface area (TPSA) is 26.0 Å². The second-order valence-electron chi connectivity index (χ2n) is 7.80. The lowest BCUT2D eigenvalue weighted by molar-refractivity contribution is -0.950. The maximum absolute atomic E-state index is 6.46. The summed E-state index contributed by atoms with van der Waals surface area (Å²) >= 11 is 0. The molecule has 3 rings (SSSR count). The number of nitrogens with zero attached hydrogens (tertiary/aromatic N) is 1. The summed E-state index contributed by atoms with van der Waals surface area (Å²) in [5, 5.41) is 0. The van der Waals surface area contributed by atoms with Crippen LogP contribution in [0.1, 0.15) is 64.7 Å². The molecule has 3 fully saturated rings. The van der Waals surface area contributed by atoms with Gasteiger partial charge in [-0.05, 0) is 25.7 Å². The van der Waals surface area contributed by atoms with Crippen molar-refractivity contribution in [3.8, 4) is 0 Å². The molecule has 0 aromatic rings. The molecular weight excluding hydrogens is 232 g/mol. The Hall–Kier alpha value is -0.0800. The molecule has 110 valence electrons. The van der Waals surface area contributed by atoms with Crippen molar-refractivity contribution in [1.29, 1.82) is 0 Å². The van der Waals surface area contributed by atoms with Crippen molar-refractivity contribution < 1.29 is 4.48 Å². The fourth-order valence-electron chi connectivity index (χ4n) is 4.74. The Balaban J connectivity index is 1.66. The third kappa shape index (κ3) is 3.16. The highest BCUT2D eigenvalue weighted by Gasteiger charge is 2.50. The van der Waals surface area contributed by atoms with Gasteiger partial charge in [-0.1, -0.05) is 26.2 Å². The van der Waals surface area contributed by atoms with Gasteiger partial charge in [0.25, 0.3) is 0 Å². The summed E-state index contributed by atoms with van der Waals surface area (Å²) in [7, 11) is 0. The van der Waals surface area contributed by atoms with Crippen molar-refractivity contribution in [2.75, 3.05) is 19.6 Å². The number of unbranched alkanes of at least 4 members (excludes halogenated alkanes) is 1. The Labute approximate surface area is 119 Å². The second-order valence-corrected chi connectivity index (χ2v) is 7.80. The molecule has 2 aliphatic carbocycles. The number of hydrogen-bond donors (Lipinski definition) is 1. The van der Waals surface area contributed by atoms with E-state index in [1.807, 2.05) is 0 Å². The molecule has 0 aromatic heterocycles. The van der Waals surface area contributed by atoms with Crippen molar-refractivity contribution in [3.05, 3.63) is 0 Å². The van der Waals surface area contributed by atoms with Crippen molar-refractivity contribution in [2.45, 2.75) is 76.8 Å². The van der Waals surface area contributed by atoms with E-state index in [-0.39, 0.29) is 0 Å². The van der Waals surface area contributed by atoms with Crippen molar-refractivity contribution in [2.24, 2.45) is 17.6 Å². The van der Waals surface area contributed by atoms with E-state index in [0.29, 0.717) is 6.04 Å². The lowest BCUT2D eigenvalue weighted by Crippen LogP contribution is -2.63. The van der Waals surface area contributed by atoms with Crippen molar-refractivity contribution in [1.82, 2.24) is 0 Å².